The van der Waals surface area contributed by atoms with Gasteiger partial charge in [-0.3, -0.25) is 4.68 Å². The van der Waals surface area contributed by atoms with Gasteiger partial charge in [-0.2, -0.15) is 10.4 Å². The Kier molecular flexibility index (Phi) is 3.05. The van der Waals surface area contributed by atoms with Crippen LogP contribution in [-0.2, 0) is 13.6 Å². The predicted molar refractivity (Wildman–Crippen MR) is 77.0 cm³/mol. The number of hydrogen-bond donors (Lipinski definition) is 1. The number of aromatic nitrogens is 3. The van der Waals surface area contributed by atoms with E-state index in [0.29, 0.717) is 17.9 Å². The lowest BCUT2D eigenvalue weighted by molar-refractivity contribution is 0.767. The molecule has 98 valence electrons. The van der Waals surface area contributed by atoms with E-state index < -0.39 is 0 Å². The van der Waals surface area contributed by atoms with Crippen LogP contribution in [0.15, 0.2) is 42.7 Å². The minimum absolute atomic E-state index is 0.629. The van der Waals surface area contributed by atoms with E-state index in [9.17, 15) is 5.26 Å². The Hall–Kier alpha value is -2.87. The van der Waals surface area contributed by atoms with Crippen molar-refractivity contribution in [2.45, 2.75) is 6.54 Å². The van der Waals surface area contributed by atoms with Crippen molar-refractivity contribution in [3.05, 3.63) is 53.9 Å². The van der Waals surface area contributed by atoms with Gasteiger partial charge in [0.1, 0.15) is 5.82 Å². The van der Waals surface area contributed by atoms with Crippen LogP contribution in [0.2, 0.25) is 0 Å². The molecule has 0 saturated carbocycles. The van der Waals surface area contributed by atoms with Crippen molar-refractivity contribution < 1.29 is 0 Å². The number of nitrogens with zero attached hydrogens (tertiary/aromatic N) is 4. The Morgan fingerprint density at radius 3 is 2.95 bits per heavy atom. The molecule has 3 rings (SSSR count). The molecule has 0 spiro atoms. The van der Waals surface area contributed by atoms with Crippen molar-refractivity contribution in [2.75, 3.05) is 5.32 Å². The first-order valence-corrected chi connectivity index (χ1v) is 6.27. The molecule has 0 saturated heterocycles. The monoisotopic (exact) mass is 263 g/mol. The summed E-state index contributed by atoms with van der Waals surface area (Å²) in [5.74, 6) is 0.698. The highest BCUT2D eigenvalue weighted by Crippen LogP contribution is 2.20. The first-order valence-electron chi connectivity index (χ1n) is 6.27. The predicted octanol–water partition coefficient (Wildman–Crippen LogP) is 2.45. The summed E-state index contributed by atoms with van der Waals surface area (Å²) in [6, 6.07) is 11.6. The number of benzene rings is 1. The van der Waals surface area contributed by atoms with Crippen LogP contribution in [0.25, 0.3) is 10.9 Å². The molecule has 0 unspecified atom stereocenters. The molecule has 0 radical (unpaired) electrons. The fourth-order valence-corrected chi connectivity index (χ4v) is 2.11. The third-order valence-electron chi connectivity index (χ3n) is 3.07. The summed E-state index contributed by atoms with van der Waals surface area (Å²) in [5.41, 5.74) is 2.52. The Bertz CT molecular complexity index is 797. The lowest BCUT2D eigenvalue weighted by Crippen LogP contribution is -2.01. The number of fused-ring (bicyclic) bond motifs is 1. The molecule has 0 aliphatic rings. The highest BCUT2D eigenvalue weighted by atomic mass is 15.2. The minimum atomic E-state index is 0.629. The molecule has 0 amide bonds. The molecule has 5 nitrogen and oxygen atoms in total. The average molecular weight is 263 g/mol. The maximum absolute atomic E-state index is 9.23. The van der Waals surface area contributed by atoms with Crippen LogP contribution in [-0.4, -0.2) is 14.8 Å². The van der Waals surface area contributed by atoms with E-state index in [0.717, 1.165) is 16.5 Å². The summed E-state index contributed by atoms with van der Waals surface area (Å²) in [4.78, 5) is 4.52. The van der Waals surface area contributed by atoms with Crippen molar-refractivity contribution in [1.82, 2.24) is 14.8 Å². The van der Waals surface area contributed by atoms with Crippen LogP contribution in [0.3, 0.4) is 0 Å². The van der Waals surface area contributed by atoms with Gasteiger partial charge in [-0.05, 0) is 12.1 Å². The van der Waals surface area contributed by atoms with E-state index in [2.05, 4.69) is 21.5 Å². The quantitative estimate of drug-likeness (QED) is 0.788. The fraction of sp³-hybridized carbons (Fsp3) is 0.133. The molecule has 5 heteroatoms. The minimum Gasteiger partial charge on any atom is -0.366 e. The van der Waals surface area contributed by atoms with Crippen molar-refractivity contribution >= 4 is 16.7 Å². The molecule has 0 aliphatic heterocycles. The number of nitrogens with one attached hydrogen (secondary N) is 1. The summed E-state index contributed by atoms with van der Waals surface area (Å²) in [7, 11) is 1.88. The Balaban J connectivity index is 1.90. The van der Waals surface area contributed by atoms with Crippen molar-refractivity contribution in [3.63, 3.8) is 0 Å². The standard InChI is InChI=1S/C15H13N5/c1-20-10-11(9-18-20)8-17-15-6-12(7-16)13-4-2-3-5-14(13)19-15/h2-6,9-10H,8H2,1H3,(H,17,19). The van der Waals surface area contributed by atoms with E-state index >= 15 is 0 Å². The zero-order valence-corrected chi connectivity index (χ0v) is 11.0. The topological polar surface area (TPSA) is 66.5 Å². The first kappa shape index (κ1) is 12.2. The maximum Gasteiger partial charge on any atom is 0.128 e. The Morgan fingerprint density at radius 1 is 1.35 bits per heavy atom. The smallest absolute Gasteiger partial charge is 0.128 e. The van der Waals surface area contributed by atoms with Gasteiger partial charge in [0.25, 0.3) is 0 Å². The van der Waals surface area contributed by atoms with Gasteiger partial charge >= 0.3 is 0 Å². The highest BCUT2D eigenvalue weighted by molar-refractivity contribution is 5.86. The maximum atomic E-state index is 9.23. The van der Waals surface area contributed by atoms with Crippen LogP contribution >= 0.6 is 0 Å². The third kappa shape index (κ3) is 2.31. The van der Waals surface area contributed by atoms with Gasteiger partial charge in [0.05, 0.1) is 23.3 Å². The molecule has 2 aromatic heterocycles. The fourth-order valence-electron chi connectivity index (χ4n) is 2.11. The molecular weight excluding hydrogens is 250 g/mol. The number of nitriles is 1. The van der Waals surface area contributed by atoms with Gasteiger partial charge < -0.3 is 5.32 Å². The second-order valence-corrected chi connectivity index (χ2v) is 4.56. The second-order valence-electron chi connectivity index (χ2n) is 4.56. The van der Waals surface area contributed by atoms with Gasteiger partial charge in [-0.15, -0.1) is 0 Å². The number of rotatable bonds is 3. The van der Waals surface area contributed by atoms with Crippen LogP contribution in [0.4, 0.5) is 5.82 Å². The highest BCUT2D eigenvalue weighted by Gasteiger charge is 2.05. The number of aryl methyl sites for hydroxylation is 1. The van der Waals surface area contributed by atoms with Crippen molar-refractivity contribution in [2.24, 2.45) is 7.05 Å². The molecule has 20 heavy (non-hydrogen) atoms. The summed E-state index contributed by atoms with van der Waals surface area (Å²) in [5, 5.41) is 17.4. The van der Waals surface area contributed by atoms with Gasteiger partial charge in [-0.1, -0.05) is 18.2 Å². The molecule has 0 bridgehead atoms. The summed E-state index contributed by atoms with van der Waals surface area (Å²) in [6.45, 7) is 0.629. The molecule has 0 atom stereocenters. The summed E-state index contributed by atoms with van der Waals surface area (Å²) in [6.07, 6.45) is 3.75. The second kappa shape index (κ2) is 5.02. The van der Waals surface area contributed by atoms with Crippen molar-refractivity contribution in [3.8, 4) is 6.07 Å². The molecule has 2 heterocycles. The van der Waals surface area contributed by atoms with Gasteiger partial charge in [0.15, 0.2) is 0 Å². The first-order chi connectivity index (χ1) is 9.76. The van der Waals surface area contributed by atoms with Crippen molar-refractivity contribution in [1.29, 1.82) is 5.26 Å². The SMILES string of the molecule is Cn1cc(CNc2cc(C#N)c3ccccc3n2)cn1. The molecule has 0 fully saturated rings. The van der Waals surface area contributed by atoms with E-state index in [-0.39, 0.29) is 0 Å². The molecule has 1 aromatic carbocycles. The summed E-state index contributed by atoms with van der Waals surface area (Å²) < 4.78 is 1.76. The van der Waals surface area contributed by atoms with Gasteiger partial charge in [0, 0.05) is 30.7 Å². The van der Waals surface area contributed by atoms with Crippen LogP contribution in [0.1, 0.15) is 11.1 Å². The number of hydrogen-bond acceptors (Lipinski definition) is 4. The van der Waals surface area contributed by atoms with Gasteiger partial charge in [0.2, 0.25) is 0 Å². The number of anilines is 1. The zero-order chi connectivity index (χ0) is 13.9. The zero-order valence-electron chi connectivity index (χ0n) is 11.0. The van der Waals surface area contributed by atoms with E-state index in [1.807, 2.05) is 37.5 Å². The van der Waals surface area contributed by atoms with Crippen LogP contribution < -0.4 is 5.32 Å². The molecule has 1 N–H and O–H groups in total. The lowest BCUT2D eigenvalue weighted by atomic mass is 10.1. The largest absolute Gasteiger partial charge is 0.366 e. The van der Waals surface area contributed by atoms with E-state index in [1.54, 1.807) is 16.9 Å². The Labute approximate surface area is 116 Å². The van der Waals surface area contributed by atoms with E-state index in [1.165, 1.54) is 0 Å². The lowest BCUT2D eigenvalue weighted by Gasteiger charge is -2.07. The van der Waals surface area contributed by atoms with Crippen LogP contribution in [0, 0.1) is 11.3 Å². The number of para-hydroxylation sites is 1. The molecular formula is C15H13N5. The number of pyridine rings is 1. The normalized spacial score (nSPS) is 10.4. The van der Waals surface area contributed by atoms with E-state index in [4.69, 9.17) is 0 Å². The molecule has 0 aliphatic carbocycles. The summed E-state index contributed by atoms with van der Waals surface area (Å²) >= 11 is 0. The van der Waals surface area contributed by atoms with Gasteiger partial charge in [-0.25, -0.2) is 4.98 Å². The Morgan fingerprint density at radius 2 is 2.20 bits per heavy atom. The molecule has 3 aromatic rings. The average Bonchev–Trinajstić information content (AvgIpc) is 2.90. The van der Waals surface area contributed by atoms with Crippen LogP contribution in [0.5, 0.6) is 0 Å². The third-order valence-corrected chi connectivity index (χ3v) is 3.07.